The van der Waals surface area contributed by atoms with Gasteiger partial charge in [-0.15, -0.1) is 0 Å². The Labute approximate surface area is 99.3 Å². The number of halogens is 2. The lowest BCUT2D eigenvalue weighted by atomic mass is 10.2. The molecule has 0 aliphatic rings. The zero-order valence-corrected chi connectivity index (χ0v) is 9.00. The van der Waals surface area contributed by atoms with Crippen molar-refractivity contribution in [2.75, 3.05) is 0 Å². The summed E-state index contributed by atoms with van der Waals surface area (Å²) in [5.74, 6) is -1.63. The van der Waals surface area contributed by atoms with E-state index in [4.69, 9.17) is 0 Å². The molecule has 0 bridgehead atoms. The maximum Gasteiger partial charge on any atom is 0.248 e. The molecule has 0 fully saturated rings. The van der Waals surface area contributed by atoms with Crippen LogP contribution in [0, 0.1) is 11.6 Å². The molecular formula is C12H7F2N3O. The van der Waals surface area contributed by atoms with Crippen LogP contribution >= 0.6 is 0 Å². The van der Waals surface area contributed by atoms with Gasteiger partial charge < -0.3 is 9.97 Å². The zero-order valence-electron chi connectivity index (χ0n) is 9.00. The molecule has 2 aromatic heterocycles. The highest BCUT2D eigenvalue weighted by atomic mass is 19.2. The predicted molar refractivity (Wildman–Crippen MR) is 62.1 cm³/mol. The number of aromatic nitrogens is 3. The Hall–Kier alpha value is -2.50. The van der Waals surface area contributed by atoms with E-state index in [0.717, 1.165) is 6.07 Å². The summed E-state index contributed by atoms with van der Waals surface area (Å²) in [4.78, 5) is 20.4. The summed E-state index contributed by atoms with van der Waals surface area (Å²) in [6.45, 7) is 0. The molecule has 90 valence electrons. The highest BCUT2D eigenvalue weighted by Gasteiger charge is 2.12. The van der Waals surface area contributed by atoms with Gasteiger partial charge in [-0.2, -0.15) is 0 Å². The van der Waals surface area contributed by atoms with Gasteiger partial charge in [-0.3, -0.25) is 4.79 Å². The van der Waals surface area contributed by atoms with Crippen LogP contribution in [0.4, 0.5) is 8.78 Å². The van der Waals surface area contributed by atoms with Gasteiger partial charge in [0.25, 0.3) is 0 Å². The first-order chi connectivity index (χ1) is 8.65. The van der Waals surface area contributed by atoms with Crippen molar-refractivity contribution in [3.8, 4) is 11.4 Å². The summed E-state index contributed by atoms with van der Waals surface area (Å²) < 4.78 is 26.5. The third kappa shape index (κ3) is 1.58. The van der Waals surface area contributed by atoms with Crippen LogP contribution < -0.4 is 5.56 Å². The van der Waals surface area contributed by atoms with E-state index in [1.807, 2.05) is 0 Å². The fraction of sp³-hybridized carbons (Fsp3) is 0. The Morgan fingerprint density at radius 2 is 2.00 bits per heavy atom. The number of fused-ring (bicyclic) bond motifs is 1. The Bertz CT molecular complexity index is 791. The van der Waals surface area contributed by atoms with Gasteiger partial charge in [-0.1, -0.05) is 0 Å². The van der Waals surface area contributed by atoms with Gasteiger partial charge in [0.15, 0.2) is 11.6 Å². The minimum atomic E-state index is -1.00. The third-order valence-corrected chi connectivity index (χ3v) is 2.59. The van der Waals surface area contributed by atoms with Gasteiger partial charge in [0.2, 0.25) is 5.56 Å². The molecule has 0 atom stereocenters. The highest BCUT2D eigenvalue weighted by molar-refractivity contribution is 5.79. The van der Waals surface area contributed by atoms with E-state index in [1.165, 1.54) is 18.3 Å². The zero-order chi connectivity index (χ0) is 12.7. The number of aromatic amines is 2. The Balaban J connectivity index is 2.26. The SMILES string of the molecule is O=c1cc(-c2nc3c(F)c(F)ccc3[nH]2)cc[nH]1. The van der Waals surface area contributed by atoms with Crippen LogP contribution in [0.2, 0.25) is 0 Å². The van der Waals surface area contributed by atoms with Crippen molar-refractivity contribution in [3.63, 3.8) is 0 Å². The second kappa shape index (κ2) is 3.76. The molecule has 18 heavy (non-hydrogen) atoms. The Morgan fingerprint density at radius 3 is 2.78 bits per heavy atom. The molecule has 3 rings (SSSR count). The van der Waals surface area contributed by atoms with Crippen molar-refractivity contribution in [2.24, 2.45) is 0 Å². The van der Waals surface area contributed by atoms with E-state index in [-0.39, 0.29) is 11.1 Å². The quantitative estimate of drug-likeness (QED) is 0.692. The second-order valence-corrected chi connectivity index (χ2v) is 3.78. The molecule has 0 radical (unpaired) electrons. The van der Waals surface area contributed by atoms with Crippen molar-refractivity contribution in [1.29, 1.82) is 0 Å². The number of nitrogens with zero attached hydrogens (tertiary/aromatic N) is 1. The van der Waals surface area contributed by atoms with Crippen LogP contribution in [0.3, 0.4) is 0 Å². The minimum absolute atomic E-state index is 0.0784. The summed E-state index contributed by atoms with van der Waals surface area (Å²) in [6, 6.07) is 5.37. The van der Waals surface area contributed by atoms with Crippen LogP contribution in [0.5, 0.6) is 0 Å². The molecule has 0 amide bonds. The molecule has 0 spiro atoms. The molecule has 0 aliphatic heterocycles. The van der Waals surface area contributed by atoms with E-state index in [0.29, 0.717) is 16.9 Å². The third-order valence-electron chi connectivity index (χ3n) is 2.59. The maximum absolute atomic E-state index is 13.5. The fourth-order valence-electron chi connectivity index (χ4n) is 1.75. The van der Waals surface area contributed by atoms with Gasteiger partial charge in [-0.05, 0) is 18.2 Å². The molecule has 0 saturated carbocycles. The summed E-state index contributed by atoms with van der Waals surface area (Å²) in [6.07, 6.45) is 1.46. The van der Waals surface area contributed by atoms with Crippen molar-refractivity contribution in [3.05, 3.63) is 52.5 Å². The van der Waals surface area contributed by atoms with Crippen molar-refractivity contribution in [1.82, 2.24) is 15.0 Å². The molecule has 2 heterocycles. The van der Waals surface area contributed by atoms with Crippen molar-refractivity contribution < 1.29 is 8.78 Å². The van der Waals surface area contributed by atoms with E-state index >= 15 is 0 Å². The lowest BCUT2D eigenvalue weighted by Crippen LogP contribution is -2.02. The highest BCUT2D eigenvalue weighted by Crippen LogP contribution is 2.22. The molecule has 4 nitrogen and oxygen atoms in total. The summed E-state index contributed by atoms with van der Waals surface area (Å²) in [5.41, 5.74) is 0.517. The van der Waals surface area contributed by atoms with E-state index < -0.39 is 11.6 Å². The Morgan fingerprint density at radius 1 is 1.17 bits per heavy atom. The van der Waals surface area contributed by atoms with Gasteiger partial charge in [0.05, 0.1) is 5.52 Å². The molecule has 6 heteroatoms. The lowest BCUT2D eigenvalue weighted by Gasteiger charge is -1.93. The molecule has 0 saturated heterocycles. The maximum atomic E-state index is 13.5. The average molecular weight is 247 g/mol. The van der Waals surface area contributed by atoms with Gasteiger partial charge in [-0.25, -0.2) is 13.8 Å². The van der Waals surface area contributed by atoms with Gasteiger partial charge in [0, 0.05) is 17.8 Å². The van der Waals surface area contributed by atoms with Crippen LogP contribution in [-0.4, -0.2) is 15.0 Å². The molecule has 3 aromatic rings. The summed E-state index contributed by atoms with van der Waals surface area (Å²) in [7, 11) is 0. The van der Waals surface area contributed by atoms with Gasteiger partial charge in [0.1, 0.15) is 11.3 Å². The smallest absolute Gasteiger partial charge is 0.248 e. The van der Waals surface area contributed by atoms with E-state index in [9.17, 15) is 13.6 Å². The monoisotopic (exact) mass is 247 g/mol. The number of hydrogen-bond donors (Lipinski definition) is 2. The minimum Gasteiger partial charge on any atom is -0.338 e. The fourth-order valence-corrected chi connectivity index (χ4v) is 1.75. The first kappa shape index (κ1) is 10.6. The van der Waals surface area contributed by atoms with Crippen LogP contribution in [0.25, 0.3) is 22.4 Å². The molecule has 1 aromatic carbocycles. The van der Waals surface area contributed by atoms with E-state index in [1.54, 1.807) is 6.07 Å². The lowest BCUT2D eigenvalue weighted by molar-refractivity contribution is 0.515. The number of benzene rings is 1. The normalized spacial score (nSPS) is 11.0. The first-order valence-electron chi connectivity index (χ1n) is 5.18. The number of imidazole rings is 1. The summed E-state index contributed by atoms with van der Waals surface area (Å²) in [5, 5.41) is 0. The molecule has 0 unspecified atom stereocenters. The Kier molecular flexibility index (Phi) is 2.22. The van der Waals surface area contributed by atoms with Crippen molar-refractivity contribution >= 4 is 11.0 Å². The van der Waals surface area contributed by atoms with Crippen LogP contribution in [0.15, 0.2) is 35.3 Å². The van der Waals surface area contributed by atoms with Gasteiger partial charge >= 0.3 is 0 Å². The number of rotatable bonds is 1. The van der Waals surface area contributed by atoms with Crippen LogP contribution in [0.1, 0.15) is 0 Å². The summed E-state index contributed by atoms with van der Waals surface area (Å²) >= 11 is 0. The number of hydrogen-bond acceptors (Lipinski definition) is 2. The number of pyridine rings is 1. The number of nitrogens with one attached hydrogen (secondary N) is 2. The standard InChI is InChI=1S/C12H7F2N3O/c13-7-1-2-8-11(10(7)14)17-12(16-8)6-3-4-15-9(18)5-6/h1-5H,(H,15,18)(H,16,17). The second-order valence-electron chi connectivity index (χ2n) is 3.78. The van der Waals surface area contributed by atoms with E-state index in [2.05, 4.69) is 15.0 Å². The first-order valence-corrected chi connectivity index (χ1v) is 5.18. The number of H-pyrrole nitrogens is 2. The van der Waals surface area contributed by atoms with Crippen molar-refractivity contribution in [2.45, 2.75) is 0 Å². The largest absolute Gasteiger partial charge is 0.338 e. The average Bonchev–Trinajstić information content (AvgIpc) is 2.79. The van der Waals surface area contributed by atoms with Crippen LogP contribution in [-0.2, 0) is 0 Å². The topological polar surface area (TPSA) is 61.5 Å². The predicted octanol–water partition coefficient (Wildman–Crippen LogP) is 2.20. The molecular weight excluding hydrogens is 240 g/mol. The molecule has 0 aliphatic carbocycles. The molecule has 2 N–H and O–H groups in total.